The molecule has 7 nitrogen and oxygen atoms in total. The first-order valence-corrected chi connectivity index (χ1v) is 10.1. The first-order chi connectivity index (χ1) is 14.1. The zero-order chi connectivity index (χ0) is 20.0. The van der Waals surface area contributed by atoms with Gasteiger partial charge in [0.25, 0.3) is 5.91 Å². The summed E-state index contributed by atoms with van der Waals surface area (Å²) in [6.45, 7) is 2.99. The van der Waals surface area contributed by atoms with Crippen LogP contribution in [0.25, 0.3) is 5.69 Å². The SMILES string of the molecule is Cc1noc(C2CCCN(C(=O)c3nn(-c4ccccc4F)c4c3CCC4)C2)n1. The average molecular weight is 395 g/mol. The number of benzene rings is 1. The van der Waals surface area contributed by atoms with E-state index in [-0.39, 0.29) is 17.6 Å². The summed E-state index contributed by atoms with van der Waals surface area (Å²) in [6, 6.07) is 6.55. The van der Waals surface area contributed by atoms with Crippen molar-refractivity contribution >= 4 is 5.91 Å². The molecule has 3 heterocycles. The predicted molar refractivity (Wildman–Crippen MR) is 102 cm³/mol. The summed E-state index contributed by atoms with van der Waals surface area (Å²) in [5, 5.41) is 8.45. The molecule has 1 saturated heterocycles. The largest absolute Gasteiger partial charge is 0.339 e. The fraction of sp³-hybridized carbons (Fsp3) is 0.429. The number of likely N-dealkylation sites (tertiary alicyclic amines) is 1. The number of hydrogen-bond donors (Lipinski definition) is 0. The van der Waals surface area contributed by atoms with Crippen LogP contribution in [0.3, 0.4) is 0 Å². The van der Waals surface area contributed by atoms with E-state index in [4.69, 9.17) is 4.52 Å². The zero-order valence-electron chi connectivity index (χ0n) is 16.3. The molecule has 1 aliphatic carbocycles. The number of carbonyl (C=O) groups is 1. The number of carbonyl (C=O) groups excluding carboxylic acids is 1. The predicted octanol–water partition coefficient (Wildman–Crippen LogP) is 3.21. The molecule has 2 aliphatic rings. The minimum Gasteiger partial charge on any atom is -0.339 e. The van der Waals surface area contributed by atoms with Crippen LogP contribution in [0.4, 0.5) is 4.39 Å². The molecule has 1 amide bonds. The Morgan fingerprint density at radius 3 is 2.90 bits per heavy atom. The molecule has 0 radical (unpaired) electrons. The van der Waals surface area contributed by atoms with Crippen molar-refractivity contribution in [2.75, 3.05) is 13.1 Å². The molecule has 150 valence electrons. The van der Waals surface area contributed by atoms with Crippen molar-refractivity contribution in [3.8, 4) is 5.69 Å². The molecular weight excluding hydrogens is 373 g/mol. The van der Waals surface area contributed by atoms with Crippen molar-refractivity contribution in [1.82, 2.24) is 24.8 Å². The second-order valence-corrected chi connectivity index (χ2v) is 7.76. The van der Waals surface area contributed by atoms with E-state index in [2.05, 4.69) is 15.2 Å². The lowest BCUT2D eigenvalue weighted by Crippen LogP contribution is -2.39. The summed E-state index contributed by atoms with van der Waals surface area (Å²) in [4.78, 5) is 19.5. The molecule has 29 heavy (non-hydrogen) atoms. The van der Waals surface area contributed by atoms with Gasteiger partial charge in [-0.25, -0.2) is 9.07 Å². The van der Waals surface area contributed by atoms with Crippen LogP contribution in [0.1, 0.15) is 58.6 Å². The highest BCUT2D eigenvalue weighted by molar-refractivity contribution is 5.94. The van der Waals surface area contributed by atoms with Crippen LogP contribution in [0.5, 0.6) is 0 Å². The van der Waals surface area contributed by atoms with Crippen molar-refractivity contribution < 1.29 is 13.7 Å². The Morgan fingerprint density at radius 2 is 2.10 bits per heavy atom. The van der Waals surface area contributed by atoms with E-state index < -0.39 is 0 Å². The molecule has 1 aliphatic heterocycles. The van der Waals surface area contributed by atoms with Gasteiger partial charge in [-0.1, -0.05) is 17.3 Å². The van der Waals surface area contributed by atoms with E-state index >= 15 is 0 Å². The molecule has 0 saturated carbocycles. The van der Waals surface area contributed by atoms with Gasteiger partial charge in [0.05, 0.1) is 5.92 Å². The Balaban J connectivity index is 1.46. The second-order valence-electron chi connectivity index (χ2n) is 7.76. The number of nitrogens with zero attached hydrogens (tertiary/aromatic N) is 5. The maximum atomic E-state index is 14.4. The molecule has 0 spiro atoms. The van der Waals surface area contributed by atoms with Gasteiger partial charge in [0.15, 0.2) is 11.5 Å². The summed E-state index contributed by atoms with van der Waals surface area (Å²) < 4.78 is 21.3. The van der Waals surface area contributed by atoms with E-state index in [1.54, 1.807) is 29.8 Å². The van der Waals surface area contributed by atoms with Gasteiger partial charge in [-0.15, -0.1) is 0 Å². The zero-order valence-corrected chi connectivity index (χ0v) is 16.3. The molecular formula is C21H22FN5O2. The van der Waals surface area contributed by atoms with Crippen LogP contribution in [0.2, 0.25) is 0 Å². The molecule has 0 N–H and O–H groups in total. The fourth-order valence-corrected chi connectivity index (χ4v) is 4.42. The van der Waals surface area contributed by atoms with Crippen LogP contribution in [0.15, 0.2) is 28.8 Å². The molecule has 3 aromatic rings. The van der Waals surface area contributed by atoms with Gasteiger partial charge in [-0.3, -0.25) is 4.79 Å². The van der Waals surface area contributed by atoms with Crippen molar-refractivity contribution in [2.45, 2.75) is 44.9 Å². The maximum Gasteiger partial charge on any atom is 0.274 e. The third-order valence-electron chi connectivity index (χ3n) is 5.81. The average Bonchev–Trinajstić information content (AvgIpc) is 3.45. The van der Waals surface area contributed by atoms with Gasteiger partial charge >= 0.3 is 0 Å². The number of aryl methyl sites for hydroxylation is 1. The quantitative estimate of drug-likeness (QED) is 0.681. The fourth-order valence-electron chi connectivity index (χ4n) is 4.42. The summed E-state index contributed by atoms with van der Waals surface area (Å²) in [5.41, 5.74) is 2.74. The first kappa shape index (κ1) is 18.0. The van der Waals surface area contributed by atoms with E-state index in [0.717, 1.165) is 43.4 Å². The number of rotatable bonds is 3. The third kappa shape index (κ3) is 3.12. The summed E-state index contributed by atoms with van der Waals surface area (Å²) in [6.07, 6.45) is 4.33. The number of piperidine rings is 1. The van der Waals surface area contributed by atoms with Crippen molar-refractivity contribution in [3.05, 3.63) is 58.7 Å². The minimum absolute atomic E-state index is 0.0376. The van der Waals surface area contributed by atoms with Gasteiger partial charge in [0.2, 0.25) is 5.89 Å². The Labute approximate surface area is 167 Å². The molecule has 8 heteroatoms. The van der Waals surface area contributed by atoms with E-state index in [1.807, 2.05) is 4.90 Å². The summed E-state index contributed by atoms with van der Waals surface area (Å²) >= 11 is 0. The van der Waals surface area contributed by atoms with Gasteiger partial charge in [-0.2, -0.15) is 10.1 Å². The number of halogens is 1. The Hall–Kier alpha value is -3.03. The Bertz CT molecular complexity index is 1070. The van der Waals surface area contributed by atoms with Crippen LogP contribution >= 0.6 is 0 Å². The molecule has 1 atom stereocenters. The number of para-hydroxylation sites is 1. The van der Waals surface area contributed by atoms with E-state index in [0.29, 0.717) is 36.2 Å². The van der Waals surface area contributed by atoms with Gasteiger partial charge in [0.1, 0.15) is 11.5 Å². The monoisotopic (exact) mass is 395 g/mol. The molecule has 1 unspecified atom stereocenters. The van der Waals surface area contributed by atoms with Crippen LogP contribution in [-0.2, 0) is 12.8 Å². The number of hydrogen-bond acceptors (Lipinski definition) is 5. The topological polar surface area (TPSA) is 77.0 Å². The summed E-state index contributed by atoms with van der Waals surface area (Å²) in [5.74, 6) is 0.787. The van der Waals surface area contributed by atoms with Crippen molar-refractivity contribution in [1.29, 1.82) is 0 Å². The first-order valence-electron chi connectivity index (χ1n) is 10.1. The smallest absolute Gasteiger partial charge is 0.274 e. The molecule has 2 aromatic heterocycles. The van der Waals surface area contributed by atoms with Crippen molar-refractivity contribution in [2.24, 2.45) is 0 Å². The second kappa shape index (κ2) is 7.09. The highest BCUT2D eigenvalue weighted by Gasteiger charge is 2.34. The highest BCUT2D eigenvalue weighted by Crippen LogP contribution is 2.31. The van der Waals surface area contributed by atoms with E-state index in [9.17, 15) is 9.18 Å². The molecule has 0 bridgehead atoms. The van der Waals surface area contributed by atoms with Crippen LogP contribution in [-0.4, -0.2) is 43.8 Å². The normalized spacial score (nSPS) is 18.8. The Morgan fingerprint density at radius 1 is 1.24 bits per heavy atom. The summed E-state index contributed by atoms with van der Waals surface area (Å²) in [7, 11) is 0. The lowest BCUT2D eigenvalue weighted by molar-refractivity contribution is 0.0688. The Kier molecular flexibility index (Phi) is 4.41. The van der Waals surface area contributed by atoms with Gasteiger partial charge in [-0.05, 0) is 51.2 Å². The van der Waals surface area contributed by atoms with E-state index in [1.165, 1.54) is 6.07 Å². The maximum absolute atomic E-state index is 14.4. The highest BCUT2D eigenvalue weighted by atomic mass is 19.1. The molecule has 1 fully saturated rings. The standard InChI is InChI=1S/C21H22FN5O2/c1-13-23-20(29-25-13)14-6-5-11-26(12-14)21(28)19-15-7-4-10-17(15)27(24-19)18-9-3-2-8-16(18)22/h2-3,8-9,14H,4-7,10-12H2,1H3. The number of fused-ring (bicyclic) bond motifs is 1. The lowest BCUT2D eigenvalue weighted by Gasteiger charge is -2.30. The number of aromatic nitrogens is 4. The third-order valence-corrected chi connectivity index (χ3v) is 5.81. The minimum atomic E-state index is -0.339. The number of amides is 1. The van der Waals surface area contributed by atoms with Gasteiger partial charge in [0, 0.05) is 24.3 Å². The van der Waals surface area contributed by atoms with Crippen LogP contribution < -0.4 is 0 Å². The molecule has 1 aromatic carbocycles. The van der Waals surface area contributed by atoms with Crippen molar-refractivity contribution in [3.63, 3.8) is 0 Å². The van der Waals surface area contributed by atoms with Gasteiger partial charge < -0.3 is 9.42 Å². The molecule has 5 rings (SSSR count). The van der Waals surface area contributed by atoms with Crippen LogP contribution in [0, 0.1) is 12.7 Å². The lowest BCUT2D eigenvalue weighted by atomic mass is 9.97.